The minimum atomic E-state index is -0.851. The van der Waals surface area contributed by atoms with Gasteiger partial charge in [-0.05, 0) is 58.2 Å². The fourth-order valence-electron chi connectivity index (χ4n) is 2.87. The molecule has 1 fully saturated rings. The molecular weight excluding hydrogens is 267 g/mol. The van der Waals surface area contributed by atoms with Crippen LogP contribution in [0.1, 0.15) is 38.7 Å². The highest BCUT2D eigenvalue weighted by Gasteiger charge is 2.32. The van der Waals surface area contributed by atoms with Crippen molar-refractivity contribution >= 4 is 5.91 Å². The number of piperidine rings is 1. The van der Waals surface area contributed by atoms with Gasteiger partial charge in [0, 0.05) is 12.1 Å². The Balaban J connectivity index is 1.88. The van der Waals surface area contributed by atoms with E-state index in [0.717, 1.165) is 19.5 Å². The molecule has 3 nitrogen and oxygen atoms in total. The van der Waals surface area contributed by atoms with Crippen molar-refractivity contribution in [3.05, 3.63) is 35.6 Å². The summed E-state index contributed by atoms with van der Waals surface area (Å²) in [5.74, 6) is 0.195. The largest absolute Gasteiger partial charge is 0.355 e. The standard InChI is InChI=1S/C17H25FN2O/c1-17(2,14-7-3-4-8-15(14)18)16(21)20-11-9-13-6-5-10-19-12-13/h3-4,7-8,13,19H,5-6,9-12H2,1-2H3,(H,20,21). The number of benzene rings is 1. The van der Waals surface area contributed by atoms with Crippen molar-refractivity contribution in [2.24, 2.45) is 5.92 Å². The summed E-state index contributed by atoms with van der Waals surface area (Å²) in [6, 6.07) is 6.49. The number of amides is 1. The number of nitrogens with one attached hydrogen (secondary N) is 2. The molecule has 1 unspecified atom stereocenters. The average Bonchev–Trinajstić information content (AvgIpc) is 2.48. The maximum Gasteiger partial charge on any atom is 0.230 e. The van der Waals surface area contributed by atoms with Crippen LogP contribution in [0.5, 0.6) is 0 Å². The van der Waals surface area contributed by atoms with Gasteiger partial charge in [0.05, 0.1) is 5.41 Å². The first kappa shape index (κ1) is 16.0. The van der Waals surface area contributed by atoms with Crippen molar-refractivity contribution in [2.45, 2.75) is 38.5 Å². The third-order valence-electron chi connectivity index (χ3n) is 4.35. The van der Waals surface area contributed by atoms with Gasteiger partial charge in [0.15, 0.2) is 0 Å². The summed E-state index contributed by atoms with van der Waals surface area (Å²) in [6.45, 7) is 6.32. The average molecular weight is 292 g/mol. The second-order valence-electron chi connectivity index (χ2n) is 6.36. The van der Waals surface area contributed by atoms with Crippen molar-refractivity contribution in [3.63, 3.8) is 0 Å². The topological polar surface area (TPSA) is 41.1 Å². The number of carbonyl (C=O) groups is 1. The maximum absolute atomic E-state index is 13.9. The molecule has 0 aliphatic carbocycles. The van der Waals surface area contributed by atoms with Crippen LogP contribution in [-0.4, -0.2) is 25.5 Å². The van der Waals surface area contributed by atoms with Crippen LogP contribution in [0.3, 0.4) is 0 Å². The number of carbonyl (C=O) groups excluding carboxylic acids is 1. The number of hydrogen-bond acceptors (Lipinski definition) is 2. The van der Waals surface area contributed by atoms with E-state index in [9.17, 15) is 9.18 Å². The molecule has 1 aromatic carbocycles. The molecule has 0 saturated carbocycles. The lowest BCUT2D eigenvalue weighted by atomic mass is 9.83. The Hall–Kier alpha value is -1.42. The molecular formula is C17H25FN2O. The fourth-order valence-corrected chi connectivity index (χ4v) is 2.87. The van der Waals surface area contributed by atoms with E-state index >= 15 is 0 Å². The first-order valence-electron chi connectivity index (χ1n) is 7.76. The quantitative estimate of drug-likeness (QED) is 0.876. The Morgan fingerprint density at radius 2 is 2.19 bits per heavy atom. The number of rotatable bonds is 5. The molecule has 1 aliphatic rings. The van der Waals surface area contributed by atoms with E-state index in [2.05, 4.69) is 10.6 Å². The van der Waals surface area contributed by atoms with Crippen LogP contribution in [0.4, 0.5) is 4.39 Å². The lowest BCUT2D eigenvalue weighted by molar-refractivity contribution is -0.125. The Labute approximate surface area is 126 Å². The van der Waals surface area contributed by atoms with E-state index in [1.807, 2.05) is 0 Å². The smallest absolute Gasteiger partial charge is 0.230 e. The molecule has 4 heteroatoms. The van der Waals surface area contributed by atoms with Crippen LogP contribution >= 0.6 is 0 Å². The first-order valence-corrected chi connectivity index (χ1v) is 7.76. The van der Waals surface area contributed by atoms with E-state index in [1.54, 1.807) is 32.0 Å². The van der Waals surface area contributed by atoms with Crippen molar-refractivity contribution in [3.8, 4) is 0 Å². The van der Waals surface area contributed by atoms with E-state index in [0.29, 0.717) is 18.0 Å². The molecule has 0 aromatic heterocycles. The molecule has 0 bridgehead atoms. The van der Waals surface area contributed by atoms with Crippen LogP contribution in [-0.2, 0) is 10.2 Å². The molecule has 1 aliphatic heterocycles. The zero-order chi connectivity index (χ0) is 15.3. The monoisotopic (exact) mass is 292 g/mol. The third kappa shape index (κ3) is 4.03. The second kappa shape index (κ2) is 7.03. The highest BCUT2D eigenvalue weighted by atomic mass is 19.1. The van der Waals surface area contributed by atoms with Gasteiger partial charge >= 0.3 is 0 Å². The lowest BCUT2D eigenvalue weighted by Crippen LogP contribution is -2.42. The van der Waals surface area contributed by atoms with E-state index < -0.39 is 5.41 Å². The molecule has 1 heterocycles. The number of hydrogen-bond donors (Lipinski definition) is 2. The van der Waals surface area contributed by atoms with Gasteiger partial charge in [-0.2, -0.15) is 0 Å². The SMILES string of the molecule is CC(C)(C(=O)NCCC1CCCNC1)c1ccccc1F. The molecule has 1 aromatic rings. The third-order valence-corrected chi connectivity index (χ3v) is 4.35. The molecule has 2 rings (SSSR count). The summed E-state index contributed by atoms with van der Waals surface area (Å²) in [5.41, 5.74) is -0.405. The van der Waals surface area contributed by atoms with Crippen molar-refractivity contribution in [1.82, 2.24) is 10.6 Å². The van der Waals surface area contributed by atoms with Crippen LogP contribution < -0.4 is 10.6 Å². The van der Waals surface area contributed by atoms with E-state index in [-0.39, 0.29) is 11.7 Å². The molecule has 116 valence electrons. The summed E-state index contributed by atoms with van der Waals surface area (Å²) in [4.78, 5) is 12.4. The Bertz CT molecular complexity index is 481. The summed E-state index contributed by atoms with van der Waals surface area (Å²) in [6.07, 6.45) is 3.41. The molecule has 21 heavy (non-hydrogen) atoms. The molecule has 1 amide bonds. The maximum atomic E-state index is 13.9. The minimum Gasteiger partial charge on any atom is -0.355 e. The predicted octanol–water partition coefficient (Wildman–Crippen LogP) is 2.61. The molecule has 0 spiro atoms. The fraction of sp³-hybridized carbons (Fsp3) is 0.588. The van der Waals surface area contributed by atoms with Crippen molar-refractivity contribution in [2.75, 3.05) is 19.6 Å². The van der Waals surface area contributed by atoms with Crippen LogP contribution in [0.15, 0.2) is 24.3 Å². The van der Waals surface area contributed by atoms with Crippen molar-refractivity contribution in [1.29, 1.82) is 0 Å². The Morgan fingerprint density at radius 1 is 1.43 bits per heavy atom. The highest BCUT2D eigenvalue weighted by molar-refractivity contribution is 5.87. The zero-order valence-electron chi connectivity index (χ0n) is 12.9. The van der Waals surface area contributed by atoms with Gasteiger partial charge in [0.2, 0.25) is 5.91 Å². The normalized spacial score (nSPS) is 19.3. The molecule has 0 radical (unpaired) electrons. The van der Waals surface area contributed by atoms with E-state index in [1.165, 1.54) is 18.9 Å². The molecule has 1 atom stereocenters. The van der Waals surface area contributed by atoms with Gasteiger partial charge in [-0.25, -0.2) is 4.39 Å². The van der Waals surface area contributed by atoms with Crippen LogP contribution in [0, 0.1) is 11.7 Å². The Kier molecular flexibility index (Phi) is 5.34. The molecule has 2 N–H and O–H groups in total. The van der Waals surface area contributed by atoms with Crippen LogP contribution in [0.25, 0.3) is 0 Å². The minimum absolute atomic E-state index is 0.114. The summed E-state index contributed by atoms with van der Waals surface area (Å²) >= 11 is 0. The highest BCUT2D eigenvalue weighted by Crippen LogP contribution is 2.26. The molecule has 1 saturated heterocycles. The summed E-state index contributed by atoms with van der Waals surface area (Å²) < 4.78 is 13.9. The van der Waals surface area contributed by atoms with Crippen LogP contribution in [0.2, 0.25) is 0 Å². The zero-order valence-corrected chi connectivity index (χ0v) is 12.9. The van der Waals surface area contributed by atoms with Gasteiger partial charge < -0.3 is 10.6 Å². The van der Waals surface area contributed by atoms with Gasteiger partial charge in [-0.15, -0.1) is 0 Å². The number of halogens is 1. The van der Waals surface area contributed by atoms with Gasteiger partial charge in [-0.3, -0.25) is 4.79 Å². The van der Waals surface area contributed by atoms with Gasteiger partial charge in [0.25, 0.3) is 0 Å². The van der Waals surface area contributed by atoms with Gasteiger partial charge in [0.1, 0.15) is 5.82 Å². The lowest BCUT2D eigenvalue weighted by Gasteiger charge is -2.26. The second-order valence-corrected chi connectivity index (χ2v) is 6.36. The van der Waals surface area contributed by atoms with E-state index in [4.69, 9.17) is 0 Å². The Morgan fingerprint density at radius 3 is 2.86 bits per heavy atom. The van der Waals surface area contributed by atoms with Crippen molar-refractivity contribution < 1.29 is 9.18 Å². The predicted molar refractivity (Wildman–Crippen MR) is 82.6 cm³/mol. The summed E-state index contributed by atoms with van der Waals surface area (Å²) in [7, 11) is 0. The first-order chi connectivity index (χ1) is 10.0. The van der Waals surface area contributed by atoms with Gasteiger partial charge in [-0.1, -0.05) is 18.2 Å². The summed E-state index contributed by atoms with van der Waals surface area (Å²) in [5, 5.41) is 6.34.